The first kappa shape index (κ1) is 26.6. The number of aliphatic imine (C=N–C) groups is 1. The molecule has 0 aliphatic carbocycles. The molecule has 0 spiro atoms. The molecule has 35 heavy (non-hydrogen) atoms. The van der Waals surface area contributed by atoms with Crippen LogP contribution < -0.4 is 9.47 Å². The minimum atomic E-state index is -0.734. The molecule has 2 aromatic carbocycles. The van der Waals surface area contributed by atoms with Crippen LogP contribution >= 0.6 is 27.7 Å². The molecule has 0 fully saturated rings. The van der Waals surface area contributed by atoms with Crippen LogP contribution in [0.2, 0.25) is 0 Å². The molecular weight excluding hydrogens is 534 g/mol. The summed E-state index contributed by atoms with van der Waals surface area (Å²) in [6, 6.07) is 13.4. The molecule has 1 aliphatic rings. The molecule has 1 aliphatic heterocycles. The average Bonchev–Trinajstić information content (AvgIpc) is 3.15. The van der Waals surface area contributed by atoms with Crippen molar-refractivity contribution in [3.63, 3.8) is 0 Å². The second kappa shape index (κ2) is 12.6. The molecule has 184 valence electrons. The first-order valence-corrected chi connectivity index (χ1v) is 12.7. The summed E-state index contributed by atoms with van der Waals surface area (Å²) in [5.41, 5.74) is 1.59. The van der Waals surface area contributed by atoms with E-state index >= 15 is 0 Å². The third-order valence-corrected chi connectivity index (χ3v) is 6.49. The van der Waals surface area contributed by atoms with Gasteiger partial charge in [-0.25, -0.2) is 9.79 Å². The molecule has 1 N–H and O–H groups in total. The number of carbonyl (C=O) groups is 2. The predicted molar refractivity (Wildman–Crippen MR) is 141 cm³/mol. The normalized spacial score (nSPS) is 15.5. The lowest BCUT2D eigenvalue weighted by Gasteiger charge is -2.14. The molecule has 1 heterocycles. The van der Waals surface area contributed by atoms with Gasteiger partial charge in [-0.2, -0.15) is 0 Å². The molecule has 7 nitrogen and oxygen atoms in total. The van der Waals surface area contributed by atoms with E-state index in [1.165, 1.54) is 0 Å². The predicted octanol–water partition coefficient (Wildman–Crippen LogP) is 6.22. The summed E-state index contributed by atoms with van der Waals surface area (Å²) in [6.07, 6.45) is 1.86. The van der Waals surface area contributed by atoms with Crippen molar-refractivity contribution in [3.05, 3.63) is 74.3 Å². The fourth-order valence-corrected chi connectivity index (χ4v) is 4.56. The lowest BCUT2D eigenvalue weighted by Crippen LogP contribution is -2.14. The quantitative estimate of drug-likeness (QED) is 0.364. The molecule has 1 amide bonds. The highest BCUT2D eigenvalue weighted by Crippen LogP contribution is 2.42. The second-order valence-electron chi connectivity index (χ2n) is 7.25. The van der Waals surface area contributed by atoms with Crippen LogP contribution in [0.25, 0.3) is 6.08 Å². The number of rotatable bonds is 9. The number of amides is 1. The van der Waals surface area contributed by atoms with Crippen molar-refractivity contribution in [3.8, 4) is 11.5 Å². The molecular formula is C26H26BrNO6S. The van der Waals surface area contributed by atoms with E-state index in [-0.39, 0.29) is 29.4 Å². The fourth-order valence-electron chi connectivity index (χ4n) is 3.10. The topological polar surface area (TPSA) is 94.4 Å². The zero-order valence-corrected chi connectivity index (χ0v) is 22.1. The highest BCUT2D eigenvalue weighted by Gasteiger charge is 2.33. The number of carbonyl (C=O) groups excluding carboxylic acids is 2. The van der Waals surface area contributed by atoms with Gasteiger partial charge in [0.05, 0.1) is 18.1 Å². The van der Waals surface area contributed by atoms with Crippen molar-refractivity contribution in [2.45, 2.75) is 33.8 Å². The summed E-state index contributed by atoms with van der Waals surface area (Å²) in [7, 11) is 0. The highest BCUT2D eigenvalue weighted by atomic mass is 79.9. The van der Waals surface area contributed by atoms with Crippen molar-refractivity contribution in [1.29, 1.82) is 0 Å². The molecule has 0 unspecified atom stereocenters. The summed E-state index contributed by atoms with van der Waals surface area (Å²) >= 11 is 4.59. The van der Waals surface area contributed by atoms with Crippen LogP contribution in [0.5, 0.6) is 11.5 Å². The first-order chi connectivity index (χ1) is 16.9. The van der Waals surface area contributed by atoms with E-state index in [0.717, 1.165) is 17.3 Å². The molecule has 9 heteroatoms. The maximum absolute atomic E-state index is 12.5. The monoisotopic (exact) mass is 559 g/mol. The van der Waals surface area contributed by atoms with Crippen LogP contribution in [-0.4, -0.2) is 35.2 Å². The van der Waals surface area contributed by atoms with Crippen molar-refractivity contribution in [2.75, 3.05) is 13.2 Å². The number of hydrogen-bond acceptors (Lipinski definition) is 7. The zero-order valence-electron chi connectivity index (χ0n) is 19.7. The molecule has 0 atom stereocenters. The number of halogens is 1. The minimum Gasteiger partial charge on any atom is -0.506 e. The summed E-state index contributed by atoms with van der Waals surface area (Å²) < 4.78 is 17.5. The van der Waals surface area contributed by atoms with Gasteiger partial charge in [0.2, 0.25) is 5.91 Å². The van der Waals surface area contributed by atoms with Gasteiger partial charge in [0, 0.05) is 10.9 Å². The largest absolute Gasteiger partial charge is 0.506 e. The Kier molecular flexibility index (Phi) is 9.56. The van der Waals surface area contributed by atoms with E-state index in [4.69, 9.17) is 14.2 Å². The Morgan fingerprint density at radius 2 is 1.77 bits per heavy atom. The van der Waals surface area contributed by atoms with Gasteiger partial charge in [0.15, 0.2) is 11.5 Å². The molecule has 2 aromatic rings. The number of benzene rings is 2. The number of hydrogen-bond donors (Lipinski definition) is 1. The standard InChI is InChI=1S/C26H26BrNO6S/c1-4-22(29)28-25-23(26(31)33-6-3)24(30)21(35-25)13-17-12-19(32-5-2)20(14-18(17)27)34-15-16-10-8-7-9-11-16/h7-14,30H,4-6,15H2,1-3H3/b21-13-,28-25?. The van der Waals surface area contributed by atoms with Gasteiger partial charge in [-0.05, 0) is 43.2 Å². The van der Waals surface area contributed by atoms with Gasteiger partial charge >= 0.3 is 5.97 Å². The first-order valence-electron chi connectivity index (χ1n) is 11.1. The zero-order chi connectivity index (χ0) is 25.4. The molecule has 3 rings (SSSR count). The summed E-state index contributed by atoms with van der Waals surface area (Å²) in [6.45, 7) is 6.15. The fraction of sp³-hybridized carbons (Fsp3) is 0.269. The third-order valence-electron chi connectivity index (χ3n) is 4.79. The van der Waals surface area contributed by atoms with Gasteiger partial charge < -0.3 is 19.3 Å². The van der Waals surface area contributed by atoms with E-state index < -0.39 is 11.9 Å². The minimum absolute atomic E-state index is 0.114. The van der Waals surface area contributed by atoms with Crippen LogP contribution in [-0.2, 0) is 20.9 Å². The van der Waals surface area contributed by atoms with Crippen LogP contribution in [0.3, 0.4) is 0 Å². The van der Waals surface area contributed by atoms with Gasteiger partial charge in [-0.3, -0.25) is 4.79 Å². The SMILES string of the molecule is CCOC(=O)C1=C(O)/C(=C/c2cc(OCC)c(OCc3ccccc3)cc2Br)SC1=NC(=O)CC. The Hall–Kier alpha value is -3.04. The van der Waals surface area contributed by atoms with Crippen LogP contribution in [0, 0.1) is 0 Å². The van der Waals surface area contributed by atoms with Gasteiger partial charge in [0.25, 0.3) is 0 Å². The summed E-state index contributed by atoms with van der Waals surface area (Å²) in [5.74, 6) is -0.326. The lowest BCUT2D eigenvalue weighted by atomic mass is 10.1. The van der Waals surface area contributed by atoms with Crippen LogP contribution in [0.4, 0.5) is 0 Å². The number of aliphatic hydroxyl groups excluding tert-OH is 1. The average molecular weight is 560 g/mol. The molecule has 0 aromatic heterocycles. The van der Waals surface area contributed by atoms with E-state index in [1.807, 2.05) is 37.3 Å². The number of ether oxygens (including phenoxy) is 3. The van der Waals surface area contributed by atoms with Gasteiger partial charge in [-0.1, -0.05) is 64.9 Å². The Morgan fingerprint density at radius 1 is 1.06 bits per heavy atom. The number of aliphatic hydroxyl groups is 1. The maximum atomic E-state index is 12.5. The van der Waals surface area contributed by atoms with Gasteiger partial charge in [-0.15, -0.1) is 0 Å². The van der Waals surface area contributed by atoms with Gasteiger partial charge in [0.1, 0.15) is 23.0 Å². The molecule has 0 saturated heterocycles. The Bertz CT molecular complexity index is 1190. The molecule has 0 radical (unpaired) electrons. The van der Waals surface area contributed by atoms with E-state index in [0.29, 0.717) is 39.7 Å². The lowest BCUT2D eigenvalue weighted by molar-refractivity contribution is -0.138. The Balaban J connectivity index is 1.97. The summed E-state index contributed by atoms with van der Waals surface area (Å²) in [5, 5.41) is 10.9. The molecule has 0 saturated carbocycles. The summed E-state index contributed by atoms with van der Waals surface area (Å²) in [4.78, 5) is 28.7. The smallest absolute Gasteiger partial charge is 0.344 e. The third kappa shape index (κ3) is 6.76. The maximum Gasteiger partial charge on any atom is 0.344 e. The number of thioether (sulfide) groups is 1. The Morgan fingerprint density at radius 3 is 2.43 bits per heavy atom. The Labute approximate surface area is 217 Å². The van der Waals surface area contributed by atoms with E-state index in [9.17, 15) is 14.7 Å². The van der Waals surface area contributed by atoms with Crippen molar-refractivity contribution >= 4 is 50.7 Å². The van der Waals surface area contributed by atoms with E-state index in [1.54, 1.807) is 32.1 Å². The van der Waals surface area contributed by atoms with E-state index in [2.05, 4.69) is 20.9 Å². The van der Waals surface area contributed by atoms with Crippen molar-refractivity contribution in [1.82, 2.24) is 0 Å². The van der Waals surface area contributed by atoms with Crippen molar-refractivity contribution in [2.24, 2.45) is 4.99 Å². The van der Waals surface area contributed by atoms with Crippen LogP contribution in [0.1, 0.15) is 38.3 Å². The number of esters is 1. The molecule has 0 bridgehead atoms. The second-order valence-corrected chi connectivity index (χ2v) is 9.13. The highest BCUT2D eigenvalue weighted by molar-refractivity contribution is 9.10. The van der Waals surface area contributed by atoms with Crippen molar-refractivity contribution < 1.29 is 28.9 Å². The number of nitrogens with zero attached hydrogens (tertiary/aromatic N) is 1. The van der Waals surface area contributed by atoms with Crippen LogP contribution in [0.15, 0.2) is 68.2 Å².